The minimum Gasteiger partial charge on any atom is -0.272 e. The third-order valence-corrected chi connectivity index (χ3v) is 3.68. The molecule has 1 aromatic rings. The number of hydrogen-bond donors (Lipinski definition) is 1. The van der Waals surface area contributed by atoms with Crippen LogP contribution in [0.4, 0.5) is 0 Å². The van der Waals surface area contributed by atoms with Gasteiger partial charge in [0, 0.05) is 0 Å². The van der Waals surface area contributed by atoms with Crippen LogP contribution in [0.25, 0.3) is 0 Å². The zero-order valence-electron chi connectivity index (χ0n) is 8.90. The van der Waals surface area contributed by atoms with Crippen molar-refractivity contribution in [1.29, 1.82) is 0 Å². The largest absolute Gasteiger partial charge is 0.272 e. The summed E-state index contributed by atoms with van der Waals surface area (Å²) in [5.74, 6) is -0.732. The van der Waals surface area contributed by atoms with E-state index in [-0.39, 0.29) is 4.90 Å². The maximum absolute atomic E-state index is 11.8. The molecule has 0 saturated heterocycles. The number of alkyl halides is 1. The molecule has 88 valence electrons. The summed E-state index contributed by atoms with van der Waals surface area (Å²) in [5, 5.41) is -0.890. The quantitative estimate of drug-likeness (QED) is 0.837. The van der Waals surface area contributed by atoms with Gasteiger partial charge in [0.25, 0.3) is 15.9 Å². The molecule has 1 amide bonds. The van der Waals surface area contributed by atoms with Gasteiger partial charge in [0.05, 0.1) is 4.90 Å². The van der Waals surface area contributed by atoms with E-state index >= 15 is 0 Å². The lowest BCUT2D eigenvalue weighted by atomic mass is 10.2. The SMILES string of the molecule is Cc1ccccc1S(=O)(=O)NC(=O)C(C)Cl. The number of carbonyl (C=O) groups is 1. The molecule has 1 unspecified atom stereocenters. The molecule has 6 heteroatoms. The maximum atomic E-state index is 11.8. The third-order valence-electron chi connectivity index (χ3n) is 1.98. The fourth-order valence-corrected chi connectivity index (χ4v) is 2.55. The van der Waals surface area contributed by atoms with E-state index < -0.39 is 21.3 Å². The highest BCUT2D eigenvalue weighted by molar-refractivity contribution is 7.90. The topological polar surface area (TPSA) is 63.2 Å². The summed E-state index contributed by atoms with van der Waals surface area (Å²) in [6.07, 6.45) is 0. The van der Waals surface area contributed by atoms with E-state index in [9.17, 15) is 13.2 Å². The molecule has 16 heavy (non-hydrogen) atoms. The molecule has 0 spiro atoms. The Bertz CT molecular complexity index is 497. The first-order chi connectivity index (χ1) is 7.34. The van der Waals surface area contributed by atoms with Crippen molar-refractivity contribution in [3.8, 4) is 0 Å². The molecule has 1 N–H and O–H groups in total. The first kappa shape index (κ1) is 13.0. The fourth-order valence-electron chi connectivity index (χ4n) is 1.13. The zero-order chi connectivity index (χ0) is 12.3. The van der Waals surface area contributed by atoms with Crippen LogP contribution in [0.3, 0.4) is 0 Å². The molecule has 0 bridgehead atoms. The van der Waals surface area contributed by atoms with Gasteiger partial charge >= 0.3 is 0 Å². The first-order valence-corrected chi connectivity index (χ1v) is 6.53. The zero-order valence-corrected chi connectivity index (χ0v) is 10.5. The number of amides is 1. The molecule has 0 aliphatic heterocycles. The Morgan fingerprint density at radius 2 is 1.94 bits per heavy atom. The third kappa shape index (κ3) is 2.96. The molecule has 0 aliphatic rings. The lowest BCUT2D eigenvalue weighted by Crippen LogP contribution is -2.35. The average Bonchev–Trinajstić information content (AvgIpc) is 2.17. The van der Waals surface area contributed by atoms with E-state index in [1.807, 2.05) is 4.72 Å². The first-order valence-electron chi connectivity index (χ1n) is 4.61. The molecule has 4 nitrogen and oxygen atoms in total. The normalized spacial score (nSPS) is 13.2. The second-order valence-electron chi connectivity index (χ2n) is 3.35. The summed E-state index contributed by atoms with van der Waals surface area (Å²) >= 11 is 5.49. The monoisotopic (exact) mass is 261 g/mol. The van der Waals surface area contributed by atoms with Crippen molar-refractivity contribution in [2.75, 3.05) is 0 Å². The molecule has 0 radical (unpaired) electrons. The van der Waals surface area contributed by atoms with Gasteiger partial charge in [0.15, 0.2) is 0 Å². The fraction of sp³-hybridized carbons (Fsp3) is 0.300. The summed E-state index contributed by atoms with van der Waals surface area (Å²) in [4.78, 5) is 11.3. The van der Waals surface area contributed by atoms with Crippen LogP contribution in [-0.4, -0.2) is 19.7 Å². The highest BCUT2D eigenvalue weighted by Crippen LogP contribution is 2.14. The standard InChI is InChI=1S/C10H12ClNO3S/c1-7-5-3-4-6-9(7)16(14,15)12-10(13)8(2)11/h3-6,8H,1-2H3,(H,12,13). The number of sulfonamides is 1. The van der Waals surface area contributed by atoms with E-state index in [1.54, 1.807) is 25.1 Å². The van der Waals surface area contributed by atoms with Crippen LogP contribution in [0.1, 0.15) is 12.5 Å². The Labute approximate surface area is 99.7 Å². The summed E-state index contributed by atoms with van der Waals surface area (Å²) in [5.41, 5.74) is 0.574. The molecule has 0 saturated carbocycles. The molecule has 1 atom stereocenters. The van der Waals surface area contributed by atoms with Gasteiger partial charge in [-0.25, -0.2) is 13.1 Å². The average molecular weight is 262 g/mol. The van der Waals surface area contributed by atoms with Crippen LogP contribution in [-0.2, 0) is 14.8 Å². The van der Waals surface area contributed by atoms with Crippen molar-refractivity contribution in [3.05, 3.63) is 29.8 Å². The van der Waals surface area contributed by atoms with Gasteiger partial charge in [-0.15, -0.1) is 11.6 Å². The van der Waals surface area contributed by atoms with E-state index in [0.29, 0.717) is 5.56 Å². The summed E-state index contributed by atoms with van der Waals surface area (Å²) in [6, 6.07) is 6.41. The van der Waals surface area contributed by atoms with E-state index in [1.165, 1.54) is 13.0 Å². The number of carbonyl (C=O) groups excluding carboxylic acids is 1. The van der Waals surface area contributed by atoms with Crippen molar-refractivity contribution in [2.45, 2.75) is 24.1 Å². The van der Waals surface area contributed by atoms with E-state index in [0.717, 1.165) is 0 Å². The van der Waals surface area contributed by atoms with Crippen LogP contribution in [0.5, 0.6) is 0 Å². The number of rotatable bonds is 3. The second kappa shape index (κ2) is 4.84. The van der Waals surface area contributed by atoms with Gasteiger partial charge in [-0.05, 0) is 25.5 Å². The molecule has 0 heterocycles. The number of aryl methyl sites for hydroxylation is 1. The lowest BCUT2D eigenvalue weighted by Gasteiger charge is -2.09. The molecule has 0 fully saturated rings. The van der Waals surface area contributed by atoms with E-state index in [4.69, 9.17) is 11.6 Å². The van der Waals surface area contributed by atoms with Crippen molar-refractivity contribution in [3.63, 3.8) is 0 Å². The van der Waals surface area contributed by atoms with Gasteiger partial charge in [-0.2, -0.15) is 0 Å². The van der Waals surface area contributed by atoms with Crippen LogP contribution in [0.2, 0.25) is 0 Å². The Hall–Kier alpha value is -1.07. The lowest BCUT2D eigenvalue weighted by molar-refractivity contribution is -0.118. The Morgan fingerprint density at radius 3 is 2.44 bits per heavy atom. The molecule has 1 aromatic carbocycles. The number of nitrogens with one attached hydrogen (secondary N) is 1. The van der Waals surface area contributed by atoms with Gasteiger partial charge < -0.3 is 0 Å². The van der Waals surface area contributed by atoms with Crippen LogP contribution >= 0.6 is 11.6 Å². The number of halogens is 1. The van der Waals surface area contributed by atoms with Gasteiger partial charge in [0.1, 0.15) is 5.38 Å². The predicted molar refractivity (Wildman–Crippen MR) is 61.8 cm³/mol. The maximum Gasteiger partial charge on any atom is 0.264 e. The minimum atomic E-state index is -3.82. The summed E-state index contributed by atoms with van der Waals surface area (Å²) in [6.45, 7) is 3.06. The van der Waals surface area contributed by atoms with Crippen LogP contribution < -0.4 is 4.72 Å². The summed E-state index contributed by atoms with van der Waals surface area (Å²) in [7, 11) is -3.82. The van der Waals surface area contributed by atoms with Crippen molar-refractivity contribution >= 4 is 27.5 Å². The number of hydrogen-bond acceptors (Lipinski definition) is 3. The van der Waals surface area contributed by atoms with Crippen molar-refractivity contribution < 1.29 is 13.2 Å². The highest BCUT2D eigenvalue weighted by atomic mass is 35.5. The van der Waals surface area contributed by atoms with Gasteiger partial charge in [-0.1, -0.05) is 18.2 Å². The van der Waals surface area contributed by atoms with Crippen LogP contribution in [0, 0.1) is 6.92 Å². The smallest absolute Gasteiger partial charge is 0.264 e. The summed E-state index contributed by atoms with van der Waals surface area (Å²) < 4.78 is 25.5. The second-order valence-corrected chi connectivity index (χ2v) is 5.66. The molecular formula is C10H12ClNO3S. The van der Waals surface area contributed by atoms with Crippen molar-refractivity contribution in [2.24, 2.45) is 0 Å². The molecular weight excluding hydrogens is 250 g/mol. The Kier molecular flexibility index (Phi) is 3.93. The molecule has 1 rings (SSSR count). The minimum absolute atomic E-state index is 0.0840. The van der Waals surface area contributed by atoms with E-state index in [2.05, 4.69) is 0 Å². The Balaban J connectivity index is 3.05. The molecule has 0 aromatic heterocycles. The predicted octanol–water partition coefficient (Wildman–Crippen LogP) is 1.43. The Morgan fingerprint density at radius 1 is 1.38 bits per heavy atom. The van der Waals surface area contributed by atoms with Gasteiger partial charge in [0.2, 0.25) is 0 Å². The highest BCUT2D eigenvalue weighted by Gasteiger charge is 2.21. The van der Waals surface area contributed by atoms with Gasteiger partial charge in [-0.3, -0.25) is 4.79 Å². The van der Waals surface area contributed by atoms with Crippen LogP contribution in [0.15, 0.2) is 29.2 Å². The number of benzene rings is 1. The van der Waals surface area contributed by atoms with Crippen molar-refractivity contribution in [1.82, 2.24) is 4.72 Å². The molecule has 0 aliphatic carbocycles.